The molecule has 0 saturated heterocycles. The second kappa shape index (κ2) is 10.5. The van der Waals surface area contributed by atoms with Gasteiger partial charge >= 0.3 is 6.36 Å². The predicted octanol–water partition coefficient (Wildman–Crippen LogP) is 6.18. The number of benzene rings is 4. The Labute approximate surface area is 229 Å². The van der Waals surface area contributed by atoms with E-state index < -0.39 is 13.6 Å². The van der Waals surface area contributed by atoms with E-state index in [4.69, 9.17) is 5.10 Å². The van der Waals surface area contributed by atoms with Crippen LogP contribution in [0.25, 0.3) is 16.9 Å². The van der Waals surface area contributed by atoms with Gasteiger partial charge in [0.05, 0.1) is 5.69 Å². The van der Waals surface area contributed by atoms with E-state index >= 15 is 0 Å². The number of alkyl halides is 3. The molecule has 5 nitrogen and oxygen atoms in total. The average Bonchev–Trinajstić information content (AvgIpc) is 3.38. The summed E-state index contributed by atoms with van der Waals surface area (Å²) in [5.41, 5.74) is 1.81. The standard InChI is InChI=1S/C31H23F3N4OP/c32-31(33,34)39-24-18-16-23(17-19-24)28-20-21-29-35-36-30(38(29)37-28)22-40(25-10-4-1-5-11-25,26-12-6-2-7-13-26)27-14-8-3-9-15-27/h1-21H,22H2/q+1. The van der Waals surface area contributed by atoms with Gasteiger partial charge in [0.2, 0.25) is 0 Å². The molecule has 0 atom stereocenters. The predicted molar refractivity (Wildman–Crippen MR) is 152 cm³/mol. The molecule has 198 valence electrons. The smallest absolute Gasteiger partial charge is 0.406 e. The Morgan fingerprint density at radius 1 is 0.625 bits per heavy atom. The van der Waals surface area contributed by atoms with E-state index in [-0.39, 0.29) is 5.75 Å². The summed E-state index contributed by atoms with van der Waals surface area (Å²) in [4.78, 5) is 0. The third-order valence-corrected chi connectivity index (χ3v) is 11.0. The highest BCUT2D eigenvalue weighted by molar-refractivity contribution is 7.95. The summed E-state index contributed by atoms with van der Waals surface area (Å²) < 4.78 is 43.6. The maximum absolute atomic E-state index is 12.6. The number of hydrogen-bond acceptors (Lipinski definition) is 4. The zero-order valence-corrected chi connectivity index (χ0v) is 22.0. The highest BCUT2D eigenvalue weighted by Crippen LogP contribution is 2.57. The van der Waals surface area contributed by atoms with Gasteiger partial charge in [0, 0.05) is 5.56 Å². The van der Waals surface area contributed by atoms with E-state index in [2.05, 4.69) is 87.7 Å². The normalized spacial score (nSPS) is 12.0. The van der Waals surface area contributed by atoms with Crippen molar-refractivity contribution in [2.24, 2.45) is 0 Å². The zero-order valence-electron chi connectivity index (χ0n) is 21.1. The van der Waals surface area contributed by atoms with E-state index in [9.17, 15) is 13.2 Å². The lowest BCUT2D eigenvalue weighted by Crippen LogP contribution is -2.33. The summed E-state index contributed by atoms with van der Waals surface area (Å²) in [6.45, 7) is 0. The van der Waals surface area contributed by atoms with E-state index in [1.807, 2.05) is 24.3 Å². The molecule has 0 radical (unpaired) electrons. The molecule has 0 spiro atoms. The maximum atomic E-state index is 12.6. The number of fused-ring (bicyclic) bond motifs is 1. The molecule has 6 rings (SSSR count). The molecule has 0 N–H and O–H groups in total. The van der Waals surface area contributed by atoms with Crippen LogP contribution in [0.15, 0.2) is 127 Å². The molecule has 0 saturated carbocycles. The van der Waals surface area contributed by atoms with Crippen molar-refractivity contribution in [1.29, 1.82) is 0 Å². The lowest BCUT2D eigenvalue weighted by Gasteiger charge is -2.26. The molecule has 9 heteroatoms. The summed E-state index contributed by atoms with van der Waals surface area (Å²) >= 11 is 0. The van der Waals surface area contributed by atoms with Crippen LogP contribution in [0.1, 0.15) is 5.82 Å². The monoisotopic (exact) mass is 555 g/mol. The fraction of sp³-hybridized carbons (Fsp3) is 0.0645. The first-order valence-electron chi connectivity index (χ1n) is 12.5. The molecule has 6 aromatic rings. The minimum Gasteiger partial charge on any atom is -0.406 e. The van der Waals surface area contributed by atoms with E-state index in [1.54, 1.807) is 22.7 Å². The molecule has 0 amide bonds. The molecular formula is C31H23F3N4OP+. The summed E-state index contributed by atoms with van der Waals surface area (Å²) in [7, 11) is -2.25. The second-order valence-corrected chi connectivity index (χ2v) is 12.6. The molecule has 2 aromatic heterocycles. The van der Waals surface area contributed by atoms with E-state index in [0.717, 1.165) is 0 Å². The number of aromatic nitrogens is 4. The summed E-state index contributed by atoms with van der Waals surface area (Å²) in [6.07, 6.45) is -4.18. The Hall–Kier alpha value is -4.55. The largest absolute Gasteiger partial charge is 0.573 e. The minimum atomic E-state index is -4.75. The average molecular weight is 556 g/mol. The van der Waals surface area contributed by atoms with Gasteiger partial charge in [0.1, 0.15) is 35.1 Å². The van der Waals surface area contributed by atoms with Crippen LogP contribution in [-0.2, 0) is 6.16 Å². The molecule has 0 aliphatic carbocycles. The highest BCUT2D eigenvalue weighted by Gasteiger charge is 2.46. The van der Waals surface area contributed by atoms with Gasteiger partial charge in [-0.15, -0.1) is 23.4 Å². The highest BCUT2D eigenvalue weighted by atomic mass is 31.2. The molecule has 0 bridgehead atoms. The topological polar surface area (TPSA) is 52.3 Å². The van der Waals surface area contributed by atoms with Crippen molar-refractivity contribution < 1.29 is 17.9 Å². The third-order valence-electron chi connectivity index (χ3n) is 6.68. The maximum Gasteiger partial charge on any atom is 0.573 e. The van der Waals surface area contributed by atoms with E-state index in [1.165, 1.54) is 28.0 Å². The molecule has 4 aromatic carbocycles. The minimum absolute atomic E-state index is 0.287. The van der Waals surface area contributed by atoms with Gasteiger partial charge in [-0.1, -0.05) is 54.6 Å². The number of ether oxygens (including phenoxy) is 1. The van der Waals surface area contributed by atoms with Gasteiger partial charge in [-0.25, -0.2) is 0 Å². The number of halogens is 3. The van der Waals surface area contributed by atoms with Crippen molar-refractivity contribution in [3.8, 4) is 17.0 Å². The fourth-order valence-electron chi connectivity index (χ4n) is 4.89. The van der Waals surface area contributed by atoms with Gasteiger partial charge in [-0.2, -0.15) is 9.61 Å². The van der Waals surface area contributed by atoms with Crippen LogP contribution in [-0.4, -0.2) is 26.2 Å². The van der Waals surface area contributed by atoms with Crippen LogP contribution in [0.2, 0.25) is 0 Å². The van der Waals surface area contributed by atoms with Crippen LogP contribution in [0, 0.1) is 0 Å². The number of nitrogens with zero attached hydrogens (tertiary/aromatic N) is 4. The molecule has 0 unspecified atom stereocenters. The van der Waals surface area contributed by atoms with Crippen LogP contribution >= 0.6 is 7.26 Å². The Bertz CT molecular complexity index is 1630. The Morgan fingerprint density at radius 2 is 1.15 bits per heavy atom. The molecule has 0 fully saturated rings. The quantitative estimate of drug-likeness (QED) is 0.221. The van der Waals surface area contributed by atoms with Crippen molar-refractivity contribution in [2.75, 3.05) is 0 Å². The summed E-state index contributed by atoms with van der Waals surface area (Å²) in [6, 6.07) is 40.6. The van der Waals surface area contributed by atoms with Gasteiger partial charge < -0.3 is 4.74 Å². The van der Waals surface area contributed by atoms with Crippen molar-refractivity contribution in [3.63, 3.8) is 0 Å². The van der Waals surface area contributed by atoms with Crippen LogP contribution in [0.5, 0.6) is 5.75 Å². The van der Waals surface area contributed by atoms with Crippen LogP contribution in [0.4, 0.5) is 13.2 Å². The number of hydrogen-bond donors (Lipinski definition) is 0. The van der Waals surface area contributed by atoms with Crippen molar-refractivity contribution >= 4 is 28.8 Å². The molecule has 0 aliphatic heterocycles. The zero-order chi connectivity index (χ0) is 27.6. The van der Waals surface area contributed by atoms with Gasteiger partial charge in [-0.05, 0) is 72.8 Å². The van der Waals surface area contributed by atoms with Crippen LogP contribution in [0.3, 0.4) is 0 Å². The first-order chi connectivity index (χ1) is 19.4. The Morgan fingerprint density at radius 3 is 1.65 bits per heavy atom. The Kier molecular flexibility index (Phi) is 6.78. The lowest BCUT2D eigenvalue weighted by atomic mass is 10.1. The van der Waals surface area contributed by atoms with Gasteiger partial charge in [-0.3, -0.25) is 0 Å². The lowest BCUT2D eigenvalue weighted by molar-refractivity contribution is -0.274. The molecule has 0 aliphatic rings. The first kappa shape index (κ1) is 25.7. The fourth-order valence-corrected chi connectivity index (χ4v) is 9.00. The van der Waals surface area contributed by atoms with Crippen LogP contribution < -0.4 is 20.7 Å². The van der Waals surface area contributed by atoms with Crippen molar-refractivity contribution in [3.05, 3.63) is 133 Å². The van der Waals surface area contributed by atoms with Gasteiger partial charge in [0.25, 0.3) is 0 Å². The second-order valence-electron chi connectivity index (χ2n) is 9.15. The van der Waals surface area contributed by atoms with Crippen molar-refractivity contribution in [1.82, 2.24) is 19.8 Å². The third kappa shape index (κ3) is 5.06. The van der Waals surface area contributed by atoms with Crippen molar-refractivity contribution in [2.45, 2.75) is 12.5 Å². The van der Waals surface area contributed by atoms with E-state index in [0.29, 0.717) is 28.9 Å². The molecular weight excluding hydrogens is 532 g/mol. The SMILES string of the molecule is FC(F)(F)Oc1ccc(-c2ccc3nnc(C[P+](c4ccccc4)(c4ccccc4)c4ccccc4)n3n2)cc1. The first-order valence-corrected chi connectivity index (χ1v) is 14.5. The molecule has 2 heterocycles. The van der Waals surface area contributed by atoms with Gasteiger partial charge in [0.15, 0.2) is 11.5 Å². The summed E-state index contributed by atoms with van der Waals surface area (Å²) in [5, 5.41) is 17.4. The Balaban J connectivity index is 1.47. The number of rotatable bonds is 7. The summed E-state index contributed by atoms with van der Waals surface area (Å²) in [5.74, 6) is 0.407. The molecule has 40 heavy (non-hydrogen) atoms.